The molecule has 0 unspecified atom stereocenters. The zero-order chi connectivity index (χ0) is 13.6. The Labute approximate surface area is 105 Å². The third-order valence-corrected chi connectivity index (χ3v) is 2.73. The van der Waals surface area contributed by atoms with E-state index in [0.29, 0.717) is 6.54 Å². The monoisotopic (exact) mass is 245 g/mol. The predicted molar refractivity (Wildman–Crippen MR) is 70.2 cm³/mol. The highest BCUT2D eigenvalue weighted by Gasteiger charge is 2.28. The summed E-state index contributed by atoms with van der Waals surface area (Å²) in [5.41, 5.74) is 8.90. The number of azide groups is 1. The highest BCUT2D eigenvalue weighted by Crippen LogP contribution is 2.23. The number of hydrogen-bond acceptors (Lipinski definition) is 2. The third-order valence-electron chi connectivity index (χ3n) is 2.73. The van der Waals surface area contributed by atoms with Crippen molar-refractivity contribution in [3.63, 3.8) is 0 Å². The van der Waals surface area contributed by atoms with Gasteiger partial charge in [-0.1, -0.05) is 41.5 Å². The highest BCUT2D eigenvalue weighted by atomic mass is 16.4. The molecule has 1 aromatic carbocycles. The van der Waals surface area contributed by atoms with E-state index < -0.39 is 11.4 Å². The number of carboxylic acids is 1. The van der Waals surface area contributed by atoms with E-state index in [4.69, 9.17) is 10.6 Å². The van der Waals surface area contributed by atoms with Gasteiger partial charge < -0.3 is 5.11 Å². The maximum atomic E-state index is 11.1. The highest BCUT2D eigenvalue weighted by molar-refractivity contribution is 5.80. The first-order valence-electron chi connectivity index (χ1n) is 5.50. The molecule has 0 spiro atoms. The number of aliphatic carboxylic acids is 1. The van der Waals surface area contributed by atoms with Crippen LogP contribution in [-0.2, 0) is 10.2 Å². The van der Waals surface area contributed by atoms with E-state index >= 15 is 0 Å². The summed E-state index contributed by atoms with van der Waals surface area (Å²) in [5.74, 6) is -0.853. The SMILES string of the molecule is CC(C)(C(=O)O)c1ccc(C=CCN=[N+]=[N-])cc1. The Hall–Kier alpha value is -2.26. The average molecular weight is 245 g/mol. The molecule has 18 heavy (non-hydrogen) atoms. The Balaban J connectivity index is 2.83. The molecule has 1 aromatic rings. The third kappa shape index (κ3) is 3.37. The number of carboxylic acid groups (broad SMARTS) is 1. The summed E-state index contributed by atoms with van der Waals surface area (Å²) >= 11 is 0. The maximum absolute atomic E-state index is 11.1. The van der Waals surface area contributed by atoms with Gasteiger partial charge in [0.15, 0.2) is 0 Å². The van der Waals surface area contributed by atoms with Gasteiger partial charge in [0.2, 0.25) is 0 Å². The van der Waals surface area contributed by atoms with Gasteiger partial charge in [-0.3, -0.25) is 4.79 Å². The van der Waals surface area contributed by atoms with E-state index in [1.165, 1.54) is 0 Å². The van der Waals surface area contributed by atoms with Gasteiger partial charge in [0.1, 0.15) is 0 Å². The van der Waals surface area contributed by atoms with Crippen molar-refractivity contribution in [1.29, 1.82) is 0 Å². The summed E-state index contributed by atoms with van der Waals surface area (Å²) in [4.78, 5) is 13.7. The van der Waals surface area contributed by atoms with Crippen LogP contribution in [0.2, 0.25) is 0 Å². The van der Waals surface area contributed by atoms with Crippen LogP contribution in [0, 0.1) is 0 Å². The average Bonchev–Trinajstić information content (AvgIpc) is 2.35. The molecule has 0 aliphatic carbocycles. The summed E-state index contributed by atoms with van der Waals surface area (Å²) in [6.07, 6.45) is 3.57. The van der Waals surface area contributed by atoms with Crippen LogP contribution in [0.1, 0.15) is 25.0 Å². The largest absolute Gasteiger partial charge is 0.481 e. The first-order valence-corrected chi connectivity index (χ1v) is 5.50. The zero-order valence-corrected chi connectivity index (χ0v) is 10.4. The zero-order valence-electron chi connectivity index (χ0n) is 10.4. The molecule has 0 aliphatic heterocycles. The molecule has 0 bridgehead atoms. The van der Waals surface area contributed by atoms with Crippen LogP contribution in [0.15, 0.2) is 35.5 Å². The molecule has 0 fully saturated rings. The number of benzene rings is 1. The van der Waals surface area contributed by atoms with Crippen LogP contribution < -0.4 is 0 Å². The minimum Gasteiger partial charge on any atom is -0.481 e. The molecule has 5 nitrogen and oxygen atoms in total. The van der Waals surface area contributed by atoms with Gasteiger partial charge >= 0.3 is 5.97 Å². The Kier molecular flexibility index (Phi) is 4.52. The lowest BCUT2D eigenvalue weighted by Gasteiger charge is -2.19. The molecule has 0 saturated heterocycles. The van der Waals surface area contributed by atoms with Gasteiger partial charge in [0.25, 0.3) is 0 Å². The minimum absolute atomic E-state index is 0.304. The molecule has 0 aliphatic rings. The maximum Gasteiger partial charge on any atom is 0.313 e. The normalized spacial score (nSPS) is 11.2. The van der Waals surface area contributed by atoms with Gasteiger partial charge in [-0.25, -0.2) is 0 Å². The second-order valence-corrected chi connectivity index (χ2v) is 4.37. The summed E-state index contributed by atoms with van der Waals surface area (Å²) in [6, 6.07) is 7.27. The summed E-state index contributed by atoms with van der Waals surface area (Å²) < 4.78 is 0. The van der Waals surface area contributed by atoms with Crippen molar-refractivity contribution in [2.45, 2.75) is 19.3 Å². The molecule has 1 N–H and O–H groups in total. The molecule has 0 atom stereocenters. The minimum atomic E-state index is -0.895. The van der Waals surface area contributed by atoms with Crippen LogP contribution in [0.3, 0.4) is 0 Å². The Morgan fingerprint density at radius 1 is 1.44 bits per heavy atom. The van der Waals surface area contributed by atoms with E-state index in [0.717, 1.165) is 11.1 Å². The van der Waals surface area contributed by atoms with Crippen LogP contribution in [-0.4, -0.2) is 17.6 Å². The van der Waals surface area contributed by atoms with Crippen LogP contribution in [0.25, 0.3) is 16.5 Å². The summed E-state index contributed by atoms with van der Waals surface area (Å²) in [5, 5.41) is 12.5. The van der Waals surface area contributed by atoms with Gasteiger partial charge in [0.05, 0.1) is 5.41 Å². The van der Waals surface area contributed by atoms with E-state index in [2.05, 4.69) is 10.0 Å². The van der Waals surface area contributed by atoms with Crippen molar-refractivity contribution in [3.8, 4) is 0 Å². The Morgan fingerprint density at radius 2 is 2.06 bits per heavy atom. The number of nitrogens with zero attached hydrogens (tertiary/aromatic N) is 3. The van der Waals surface area contributed by atoms with Crippen molar-refractivity contribution in [2.24, 2.45) is 5.11 Å². The number of carbonyl (C=O) groups is 1. The lowest BCUT2D eigenvalue weighted by Crippen LogP contribution is -2.28. The molecule has 94 valence electrons. The standard InChI is InChI=1S/C13H15N3O2/c1-13(2,12(17)18)11-7-5-10(6-8-11)4-3-9-15-16-14/h3-8H,9H2,1-2H3,(H,17,18). The smallest absolute Gasteiger partial charge is 0.313 e. The molecule has 5 heteroatoms. The second-order valence-electron chi connectivity index (χ2n) is 4.37. The summed E-state index contributed by atoms with van der Waals surface area (Å²) in [7, 11) is 0. The Bertz CT molecular complexity index is 497. The fourth-order valence-corrected chi connectivity index (χ4v) is 1.41. The fourth-order valence-electron chi connectivity index (χ4n) is 1.41. The molecule has 0 amide bonds. The van der Waals surface area contributed by atoms with Gasteiger partial charge in [-0.05, 0) is 30.5 Å². The van der Waals surface area contributed by atoms with Crippen LogP contribution >= 0.6 is 0 Å². The topological polar surface area (TPSA) is 86.1 Å². The first kappa shape index (κ1) is 13.8. The summed E-state index contributed by atoms with van der Waals surface area (Å²) in [6.45, 7) is 3.64. The van der Waals surface area contributed by atoms with Crippen molar-refractivity contribution in [1.82, 2.24) is 0 Å². The molecule has 0 saturated carbocycles. The lowest BCUT2D eigenvalue weighted by molar-refractivity contribution is -0.142. The second kappa shape index (κ2) is 5.89. The molecule has 0 aromatic heterocycles. The van der Waals surface area contributed by atoms with E-state index in [-0.39, 0.29) is 0 Å². The first-order chi connectivity index (χ1) is 8.48. The molecular formula is C13H15N3O2. The van der Waals surface area contributed by atoms with Gasteiger partial charge in [-0.2, -0.15) is 0 Å². The van der Waals surface area contributed by atoms with Crippen LogP contribution in [0.5, 0.6) is 0 Å². The van der Waals surface area contributed by atoms with Crippen molar-refractivity contribution < 1.29 is 9.90 Å². The van der Waals surface area contributed by atoms with Crippen LogP contribution in [0.4, 0.5) is 0 Å². The lowest BCUT2D eigenvalue weighted by atomic mass is 9.84. The van der Waals surface area contributed by atoms with E-state index in [9.17, 15) is 4.79 Å². The number of hydrogen-bond donors (Lipinski definition) is 1. The van der Waals surface area contributed by atoms with E-state index in [1.807, 2.05) is 18.2 Å². The molecule has 0 heterocycles. The van der Waals surface area contributed by atoms with Gasteiger partial charge in [0, 0.05) is 11.5 Å². The Morgan fingerprint density at radius 3 is 2.56 bits per heavy atom. The molecular weight excluding hydrogens is 230 g/mol. The molecule has 0 radical (unpaired) electrons. The van der Waals surface area contributed by atoms with Gasteiger partial charge in [-0.15, -0.1) is 0 Å². The quantitative estimate of drug-likeness (QED) is 0.489. The van der Waals surface area contributed by atoms with Crippen molar-refractivity contribution >= 4 is 12.0 Å². The number of rotatable bonds is 5. The van der Waals surface area contributed by atoms with Crippen molar-refractivity contribution in [2.75, 3.05) is 6.54 Å². The van der Waals surface area contributed by atoms with Crippen molar-refractivity contribution in [3.05, 3.63) is 51.9 Å². The predicted octanol–water partition coefficient (Wildman–Crippen LogP) is 3.37. The van der Waals surface area contributed by atoms with E-state index in [1.54, 1.807) is 32.1 Å². The fraction of sp³-hybridized carbons (Fsp3) is 0.308. The molecule has 1 rings (SSSR count).